The van der Waals surface area contributed by atoms with E-state index in [9.17, 15) is 10.1 Å². The van der Waals surface area contributed by atoms with Gasteiger partial charge in [-0.1, -0.05) is 30.3 Å². The van der Waals surface area contributed by atoms with Crippen LogP contribution in [0.15, 0.2) is 66.7 Å². The zero-order valence-corrected chi connectivity index (χ0v) is 20.0. The number of hydrogen-bond acceptors (Lipinski definition) is 6. The number of nitro benzene ring substituents is 1. The molecule has 0 saturated carbocycles. The average molecular weight is 461 g/mol. The number of anilines is 2. The summed E-state index contributed by atoms with van der Waals surface area (Å²) in [7, 11) is 3.19. The van der Waals surface area contributed by atoms with Crippen molar-refractivity contribution in [3.05, 3.63) is 88.0 Å². The molecule has 7 nitrogen and oxygen atoms in total. The van der Waals surface area contributed by atoms with Gasteiger partial charge in [-0.15, -0.1) is 0 Å². The first-order valence-corrected chi connectivity index (χ1v) is 11.0. The summed E-state index contributed by atoms with van der Waals surface area (Å²) >= 11 is 0. The molecule has 0 unspecified atom stereocenters. The number of hydrogen-bond donors (Lipinski definition) is 0. The largest absolute Gasteiger partial charge is 0.495 e. The summed E-state index contributed by atoms with van der Waals surface area (Å²) in [6.07, 6.45) is 2.24. The lowest BCUT2D eigenvalue weighted by molar-refractivity contribution is -0.385. The van der Waals surface area contributed by atoms with Gasteiger partial charge in [0.15, 0.2) is 11.5 Å². The molecule has 0 bridgehead atoms. The number of allylic oxidation sites excluding steroid dienone is 1. The van der Waals surface area contributed by atoms with Gasteiger partial charge in [-0.05, 0) is 56.2 Å². The van der Waals surface area contributed by atoms with Crippen LogP contribution in [-0.4, -0.2) is 24.7 Å². The highest BCUT2D eigenvalue weighted by atomic mass is 16.6. The molecule has 7 heteroatoms. The highest BCUT2D eigenvalue weighted by Gasteiger charge is 2.35. The van der Waals surface area contributed by atoms with Crippen molar-refractivity contribution in [2.75, 3.05) is 19.1 Å². The van der Waals surface area contributed by atoms with Crippen LogP contribution in [0.1, 0.15) is 31.9 Å². The van der Waals surface area contributed by atoms with Crippen molar-refractivity contribution in [1.29, 1.82) is 0 Å². The molecule has 0 amide bonds. The molecule has 1 heterocycles. The minimum absolute atomic E-state index is 0.0499. The van der Waals surface area contributed by atoms with Crippen LogP contribution in [0.5, 0.6) is 17.2 Å². The molecule has 1 aliphatic rings. The van der Waals surface area contributed by atoms with Crippen LogP contribution < -0.4 is 19.1 Å². The Balaban J connectivity index is 1.77. The second kappa shape index (κ2) is 9.09. The predicted octanol–water partition coefficient (Wildman–Crippen LogP) is 6.52. The van der Waals surface area contributed by atoms with Gasteiger partial charge in [0.25, 0.3) is 5.69 Å². The summed E-state index contributed by atoms with van der Waals surface area (Å²) < 4.78 is 17.1. The Morgan fingerprint density at radius 2 is 1.62 bits per heavy atom. The number of rotatable bonds is 7. The molecule has 0 radical (unpaired) electrons. The Morgan fingerprint density at radius 1 is 0.912 bits per heavy atom. The first kappa shape index (κ1) is 23.2. The lowest BCUT2D eigenvalue weighted by atomic mass is 9.86. The second-order valence-corrected chi connectivity index (χ2v) is 8.68. The number of non-ortho nitro benzene ring substituents is 1. The monoisotopic (exact) mass is 460 g/mol. The topological polar surface area (TPSA) is 74.1 Å². The van der Waals surface area contributed by atoms with E-state index in [0.717, 1.165) is 33.8 Å². The van der Waals surface area contributed by atoms with Gasteiger partial charge in [-0.25, -0.2) is 0 Å². The molecule has 0 aromatic heterocycles. The maximum Gasteiger partial charge on any atom is 0.273 e. The molecule has 176 valence electrons. The van der Waals surface area contributed by atoms with Gasteiger partial charge < -0.3 is 19.1 Å². The molecule has 34 heavy (non-hydrogen) atoms. The third-order valence-corrected chi connectivity index (χ3v) is 5.98. The van der Waals surface area contributed by atoms with Crippen molar-refractivity contribution < 1.29 is 19.1 Å². The van der Waals surface area contributed by atoms with E-state index < -0.39 is 4.92 Å². The normalized spacial score (nSPS) is 14.1. The van der Waals surface area contributed by atoms with E-state index in [-0.39, 0.29) is 17.8 Å². The van der Waals surface area contributed by atoms with Crippen LogP contribution in [0.3, 0.4) is 0 Å². The van der Waals surface area contributed by atoms with E-state index in [4.69, 9.17) is 14.2 Å². The van der Waals surface area contributed by atoms with Gasteiger partial charge >= 0.3 is 0 Å². The standard InChI is InChI=1S/C27H28N2O5/c1-18-16-27(2,3)28(21-10-6-7-12-23(21)32-4)22-11-8-9-19(26(18)22)17-34-25-15-20(29(30)31)13-14-24(25)33-5/h6-16H,17H2,1-5H3. The van der Waals surface area contributed by atoms with Crippen LogP contribution in [0.2, 0.25) is 0 Å². The highest BCUT2D eigenvalue weighted by Crippen LogP contribution is 2.47. The highest BCUT2D eigenvalue weighted by molar-refractivity contribution is 5.88. The van der Waals surface area contributed by atoms with Crippen LogP contribution in [-0.2, 0) is 6.61 Å². The van der Waals surface area contributed by atoms with E-state index in [0.29, 0.717) is 11.5 Å². The van der Waals surface area contributed by atoms with Crippen molar-refractivity contribution in [3.63, 3.8) is 0 Å². The van der Waals surface area contributed by atoms with Gasteiger partial charge in [0.2, 0.25) is 0 Å². The maximum atomic E-state index is 11.2. The van der Waals surface area contributed by atoms with Gasteiger partial charge in [0.1, 0.15) is 12.4 Å². The van der Waals surface area contributed by atoms with Crippen LogP contribution in [0, 0.1) is 10.1 Å². The van der Waals surface area contributed by atoms with E-state index >= 15 is 0 Å². The van der Waals surface area contributed by atoms with Gasteiger partial charge in [-0.2, -0.15) is 0 Å². The molecule has 0 aliphatic carbocycles. The quantitative estimate of drug-likeness (QED) is 0.295. The fraction of sp³-hybridized carbons (Fsp3) is 0.259. The van der Waals surface area contributed by atoms with Gasteiger partial charge in [0, 0.05) is 17.3 Å². The van der Waals surface area contributed by atoms with Crippen LogP contribution >= 0.6 is 0 Å². The van der Waals surface area contributed by atoms with Crippen LogP contribution in [0.25, 0.3) is 5.57 Å². The summed E-state index contributed by atoms with van der Waals surface area (Å²) in [5.41, 5.74) is 4.84. The second-order valence-electron chi connectivity index (χ2n) is 8.68. The SMILES string of the molecule is COc1ccc([N+](=O)[O-])cc1OCc1cccc2c1C(C)=CC(C)(C)N2c1ccccc1OC. The van der Waals surface area contributed by atoms with Crippen molar-refractivity contribution in [2.24, 2.45) is 0 Å². The molecule has 4 rings (SSSR count). The molecule has 0 saturated heterocycles. The minimum atomic E-state index is -0.448. The number of nitrogens with zero attached hydrogens (tertiary/aromatic N) is 2. The average Bonchev–Trinajstić information content (AvgIpc) is 2.81. The Hall–Kier alpha value is -4.00. The summed E-state index contributed by atoms with van der Waals surface area (Å²) in [5, 5.41) is 11.2. The summed E-state index contributed by atoms with van der Waals surface area (Å²) in [6, 6.07) is 18.4. The molecule has 0 spiro atoms. The third-order valence-electron chi connectivity index (χ3n) is 5.98. The Kier molecular flexibility index (Phi) is 6.20. The maximum absolute atomic E-state index is 11.2. The van der Waals surface area contributed by atoms with Crippen molar-refractivity contribution >= 4 is 22.6 Å². The Bertz CT molecular complexity index is 1270. The number of methoxy groups -OCH3 is 2. The van der Waals surface area contributed by atoms with E-state index in [1.807, 2.05) is 30.3 Å². The number of benzene rings is 3. The molecule has 1 aliphatic heterocycles. The molecule has 3 aromatic rings. The summed E-state index contributed by atoms with van der Waals surface area (Å²) in [6.45, 7) is 6.66. The smallest absolute Gasteiger partial charge is 0.273 e. The lowest BCUT2D eigenvalue weighted by Crippen LogP contribution is -2.42. The molecule has 3 aromatic carbocycles. The van der Waals surface area contributed by atoms with Crippen molar-refractivity contribution in [3.8, 4) is 17.2 Å². The number of para-hydroxylation sites is 2. The summed E-state index contributed by atoms with van der Waals surface area (Å²) in [5.74, 6) is 1.56. The Morgan fingerprint density at radius 3 is 2.32 bits per heavy atom. The van der Waals surface area contributed by atoms with Crippen molar-refractivity contribution in [1.82, 2.24) is 0 Å². The lowest BCUT2D eigenvalue weighted by Gasteiger charge is -2.44. The van der Waals surface area contributed by atoms with Gasteiger partial charge in [0.05, 0.1) is 36.4 Å². The zero-order chi connectivity index (χ0) is 24.5. The fourth-order valence-electron chi connectivity index (χ4n) is 4.63. The Labute approximate surface area is 199 Å². The molecular formula is C27H28N2O5. The number of nitro groups is 1. The molecule has 0 N–H and O–H groups in total. The molecular weight excluding hydrogens is 432 g/mol. The van der Waals surface area contributed by atoms with E-state index in [1.165, 1.54) is 19.2 Å². The molecule has 0 fully saturated rings. The minimum Gasteiger partial charge on any atom is -0.495 e. The van der Waals surface area contributed by atoms with Crippen LogP contribution in [0.4, 0.5) is 17.1 Å². The van der Waals surface area contributed by atoms with Gasteiger partial charge in [-0.3, -0.25) is 10.1 Å². The predicted molar refractivity (Wildman–Crippen MR) is 133 cm³/mol. The first-order chi connectivity index (χ1) is 16.3. The fourth-order valence-corrected chi connectivity index (χ4v) is 4.63. The summed E-state index contributed by atoms with van der Waals surface area (Å²) in [4.78, 5) is 13.1. The van der Waals surface area contributed by atoms with E-state index in [1.54, 1.807) is 13.2 Å². The third kappa shape index (κ3) is 4.17. The van der Waals surface area contributed by atoms with E-state index in [2.05, 4.69) is 43.9 Å². The number of fused-ring (bicyclic) bond motifs is 1. The molecule has 0 atom stereocenters. The van der Waals surface area contributed by atoms with Crippen molar-refractivity contribution in [2.45, 2.75) is 32.9 Å². The number of ether oxygens (including phenoxy) is 3. The first-order valence-electron chi connectivity index (χ1n) is 11.0. The zero-order valence-electron chi connectivity index (χ0n) is 20.0.